The summed E-state index contributed by atoms with van der Waals surface area (Å²) in [4.78, 5) is 0. The van der Waals surface area contributed by atoms with E-state index >= 15 is 0 Å². The molecule has 19 heavy (non-hydrogen) atoms. The van der Waals surface area contributed by atoms with Crippen molar-refractivity contribution in [2.24, 2.45) is 5.92 Å². The van der Waals surface area contributed by atoms with Crippen molar-refractivity contribution in [3.05, 3.63) is 42.5 Å². The first-order chi connectivity index (χ1) is 8.97. The largest absolute Gasteiger partial charge is 0.489 e. The van der Waals surface area contributed by atoms with Gasteiger partial charge in [0.1, 0.15) is 12.4 Å². The molecule has 3 nitrogen and oxygen atoms in total. The molecule has 0 spiro atoms. The van der Waals surface area contributed by atoms with E-state index in [2.05, 4.69) is 11.9 Å². The molecule has 0 amide bonds. The van der Waals surface area contributed by atoms with Crippen LogP contribution in [0.2, 0.25) is 0 Å². The minimum atomic E-state index is -0.698. The molecule has 1 aromatic carbocycles. The summed E-state index contributed by atoms with van der Waals surface area (Å²) in [6.07, 6.45) is 1.73. The zero-order chi connectivity index (χ0) is 14.3. The van der Waals surface area contributed by atoms with Crippen molar-refractivity contribution >= 4 is 0 Å². The van der Waals surface area contributed by atoms with Crippen molar-refractivity contribution in [2.45, 2.75) is 32.9 Å². The summed E-state index contributed by atoms with van der Waals surface area (Å²) in [5.74, 6) is 1.08. The van der Waals surface area contributed by atoms with E-state index in [9.17, 15) is 5.11 Å². The van der Waals surface area contributed by atoms with Gasteiger partial charge >= 0.3 is 0 Å². The number of ether oxygens (including phenoxy) is 1. The number of nitrogens with one attached hydrogen (secondary N) is 1. The van der Waals surface area contributed by atoms with Crippen LogP contribution in [0.3, 0.4) is 0 Å². The molecule has 0 aliphatic heterocycles. The first-order valence-electron chi connectivity index (χ1n) is 6.72. The minimum absolute atomic E-state index is 0.215. The monoisotopic (exact) mass is 263 g/mol. The summed E-state index contributed by atoms with van der Waals surface area (Å²) in [7, 11) is 0. The smallest absolute Gasteiger partial charge is 0.124 e. The highest BCUT2D eigenvalue weighted by Crippen LogP contribution is 2.19. The van der Waals surface area contributed by atoms with Crippen LogP contribution < -0.4 is 10.1 Å². The first kappa shape index (κ1) is 15.7. The second-order valence-corrected chi connectivity index (χ2v) is 5.32. The van der Waals surface area contributed by atoms with Crippen LogP contribution in [-0.4, -0.2) is 23.9 Å². The maximum atomic E-state index is 10.2. The van der Waals surface area contributed by atoms with Crippen LogP contribution in [0.15, 0.2) is 36.9 Å². The number of benzene rings is 1. The molecule has 0 aliphatic carbocycles. The molecule has 3 heteroatoms. The molecule has 1 aromatic rings. The van der Waals surface area contributed by atoms with Gasteiger partial charge < -0.3 is 15.2 Å². The van der Waals surface area contributed by atoms with Crippen molar-refractivity contribution in [1.82, 2.24) is 5.32 Å². The van der Waals surface area contributed by atoms with Crippen molar-refractivity contribution in [2.75, 3.05) is 13.2 Å². The first-order valence-corrected chi connectivity index (χ1v) is 6.72. The maximum absolute atomic E-state index is 10.2. The zero-order valence-electron chi connectivity index (χ0n) is 12.1. The number of aliphatic hydroxyl groups is 1. The summed E-state index contributed by atoms with van der Waals surface area (Å²) in [6.45, 7) is 11.3. The van der Waals surface area contributed by atoms with E-state index < -0.39 is 5.60 Å². The van der Waals surface area contributed by atoms with E-state index in [0.29, 0.717) is 19.7 Å². The molecule has 1 unspecified atom stereocenters. The van der Waals surface area contributed by atoms with Gasteiger partial charge in [0.15, 0.2) is 0 Å². The standard InChI is InChI=1S/C16H25NO2/c1-5-10-19-15-9-7-6-8-14(15)11-17-12-16(4,18)13(2)3/h5-9,13,17-18H,1,10-12H2,2-4H3. The molecule has 0 fully saturated rings. The number of rotatable bonds is 8. The second-order valence-electron chi connectivity index (χ2n) is 5.32. The van der Waals surface area contributed by atoms with Gasteiger partial charge in [-0.15, -0.1) is 0 Å². The molecule has 106 valence electrons. The predicted molar refractivity (Wildman–Crippen MR) is 79.3 cm³/mol. The number of hydrogen-bond acceptors (Lipinski definition) is 3. The Kier molecular flexibility index (Phi) is 6.06. The van der Waals surface area contributed by atoms with Crippen molar-refractivity contribution in [1.29, 1.82) is 0 Å². The third kappa shape index (κ3) is 5.05. The van der Waals surface area contributed by atoms with Crippen LogP contribution in [0, 0.1) is 5.92 Å². The third-order valence-electron chi connectivity index (χ3n) is 3.37. The van der Waals surface area contributed by atoms with Gasteiger partial charge in [0, 0.05) is 18.7 Å². The maximum Gasteiger partial charge on any atom is 0.124 e. The summed E-state index contributed by atoms with van der Waals surface area (Å²) in [5, 5.41) is 13.5. The van der Waals surface area contributed by atoms with Crippen LogP contribution in [0.4, 0.5) is 0 Å². The lowest BCUT2D eigenvalue weighted by atomic mass is 9.92. The van der Waals surface area contributed by atoms with Gasteiger partial charge in [-0.05, 0) is 18.9 Å². The van der Waals surface area contributed by atoms with Crippen molar-refractivity contribution in [3.8, 4) is 5.75 Å². The van der Waals surface area contributed by atoms with Gasteiger partial charge in [0.05, 0.1) is 5.60 Å². The molecule has 0 aromatic heterocycles. The Morgan fingerprint density at radius 1 is 1.42 bits per heavy atom. The fourth-order valence-electron chi connectivity index (χ4n) is 1.59. The van der Waals surface area contributed by atoms with E-state index in [0.717, 1.165) is 11.3 Å². The van der Waals surface area contributed by atoms with Crippen LogP contribution in [0.25, 0.3) is 0 Å². The zero-order valence-corrected chi connectivity index (χ0v) is 12.1. The van der Waals surface area contributed by atoms with Gasteiger partial charge in [-0.3, -0.25) is 0 Å². The van der Waals surface area contributed by atoms with E-state index in [-0.39, 0.29) is 5.92 Å². The van der Waals surface area contributed by atoms with E-state index in [4.69, 9.17) is 4.74 Å². The molecule has 0 bridgehead atoms. The highest BCUT2D eigenvalue weighted by Gasteiger charge is 2.24. The molecule has 1 atom stereocenters. The van der Waals surface area contributed by atoms with Crippen molar-refractivity contribution < 1.29 is 9.84 Å². The fourth-order valence-corrected chi connectivity index (χ4v) is 1.59. The van der Waals surface area contributed by atoms with Gasteiger partial charge in [-0.25, -0.2) is 0 Å². The highest BCUT2D eigenvalue weighted by molar-refractivity contribution is 5.33. The van der Waals surface area contributed by atoms with Gasteiger partial charge in [0.25, 0.3) is 0 Å². The van der Waals surface area contributed by atoms with Crippen LogP contribution >= 0.6 is 0 Å². The van der Waals surface area contributed by atoms with Gasteiger partial charge in [-0.1, -0.05) is 44.7 Å². The Hall–Kier alpha value is -1.32. The molecule has 2 N–H and O–H groups in total. The molecule has 0 aliphatic rings. The molecule has 0 saturated heterocycles. The summed E-state index contributed by atoms with van der Waals surface area (Å²) in [5.41, 5.74) is 0.389. The van der Waals surface area contributed by atoms with Crippen LogP contribution in [-0.2, 0) is 6.54 Å². The van der Waals surface area contributed by atoms with E-state index in [1.807, 2.05) is 45.0 Å². The molecule has 1 rings (SSSR count). The molecular weight excluding hydrogens is 238 g/mol. The summed E-state index contributed by atoms with van der Waals surface area (Å²) >= 11 is 0. The Morgan fingerprint density at radius 3 is 2.74 bits per heavy atom. The second kappa shape index (κ2) is 7.31. The fraction of sp³-hybridized carbons (Fsp3) is 0.500. The van der Waals surface area contributed by atoms with E-state index in [1.165, 1.54) is 0 Å². The SMILES string of the molecule is C=CCOc1ccccc1CNCC(C)(O)C(C)C. The normalized spacial score (nSPS) is 14.2. The lowest BCUT2D eigenvalue weighted by Crippen LogP contribution is -2.42. The van der Waals surface area contributed by atoms with Crippen molar-refractivity contribution in [3.63, 3.8) is 0 Å². The summed E-state index contributed by atoms with van der Waals surface area (Å²) in [6, 6.07) is 7.90. The Bertz CT molecular complexity index is 399. The Morgan fingerprint density at radius 2 is 2.11 bits per heavy atom. The molecule has 0 heterocycles. The number of hydrogen-bond donors (Lipinski definition) is 2. The lowest BCUT2D eigenvalue weighted by molar-refractivity contribution is 0.0139. The molecule has 0 saturated carbocycles. The minimum Gasteiger partial charge on any atom is -0.489 e. The van der Waals surface area contributed by atoms with Crippen LogP contribution in [0.1, 0.15) is 26.3 Å². The Balaban J connectivity index is 2.55. The number of para-hydroxylation sites is 1. The Labute approximate surface area is 116 Å². The average molecular weight is 263 g/mol. The topological polar surface area (TPSA) is 41.5 Å². The van der Waals surface area contributed by atoms with Crippen LogP contribution in [0.5, 0.6) is 5.75 Å². The average Bonchev–Trinajstić information content (AvgIpc) is 2.37. The predicted octanol–water partition coefficient (Wildman–Crippen LogP) is 2.75. The third-order valence-corrected chi connectivity index (χ3v) is 3.37. The molecular formula is C16H25NO2. The quantitative estimate of drug-likeness (QED) is 0.709. The lowest BCUT2D eigenvalue weighted by Gasteiger charge is -2.28. The van der Waals surface area contributed by atoms with Gasteiger partial charge in [0.2, 0.25) is 0 Å². The van der Waals surface area contributed by atoms with Gasteiger partial charge in [-0.2, -0.15) is 0 Å². The highest BCUT2D eigenvalue weighted by atomic mass is 16.5. The summed E-state index contributed by atoms with van der Waals surface area (Å²) < 4.78 is 5.60. The molecule has 0 radical (unpaired) electrons. The van der Waals surface area contributed by atoms with E-state index in [1.54, 1.807) is 6.08 Å².